The van der Waals surface area contributed by atoms with Crippen LogP contribution in [0.4, 0.5) is 15.8 Å². The van der Waals surface area contributed by atoms with Crippen molar-refractivity contribution in [3.63, 3.8) is 0 Å². The number of rotatable bonds is 2. The molecule has 2 rings (SSSR count). The highest BCUT2D eigenvalue weighted by Crippen LogP contribution is 2.31. The number of fused-ring (bicyclic) bond motifs is 1. The Labute approximate surface area is 96.7 Å². The molecule has 1 unspecified atom stereocenters. The van der Waals surface area contributed by atoms with E-state index in [1.54, 1.807) is 0 Å². The summed E-state index contributed by atoms with van der Waals surface area (Å²) in [7, 11) is 1.50. The van der Waals surface area contributed by atoms with Gasteiger partial charge in [0.1, 0.15) is 11.9 Å². The number of amides is 1. The van der Waals surface area contributed by atoms with Crippen molar-refractivity contribution in [2.75, 3.05) is 24.4 Å². The van der Waals surface area contributed by atoms with E-state index in [1.807, 2.05) is 0 Å². The van der Waals surface area contributed by atoms with Crippen LogP contribution in [0.3, 0.4) is 0 Å². The van der Waals surface area contributed by atoms with Crippen molar-refractivity contribution in [3.05, 3.63) is 23.0 Å². The molecule has 0 bridgehead atoms. The predicted octanol–water partition coefficient (Wildman–Crippen LogP) is 1.86. The molecule has 16 heavy (non-hydrogen) atoms. The van der Waals surface area contributed by atoms with Crippen LogP contribution >= 0.6 is 11.6 Å². The van der Waals surface area contributed by atoms with Gasteiger partial charge in [0.15, 0.2) is 0 Å². The summed E-state index contributed by atoms with van der Waals surface area (Å²) < 4.78 is 18.0. The molecule has 0 fully saturated rings. The van der Waals surface area contributed by atoms with Crippen LogP contribution in [0.1, 0.15) is 0 Å². The van der Waals surface area contributed by atoms with Crippen LogP contribution in [-0.2, 0) is 9.53 Å². The SMILES string of the molecule is COCC1Nc2cc(Cl)c(F)cc2NC1=O. The molecule has 0 saturated heterocycles. The van der Waals surface area contributed by atoms with Crippen molar-refractivity contribution < 1.29 is 13.9 Å². The van der Waals surface area contributed by atoms with Crippen molar-refractivity contribution in [1.82, 2.24) is 0 Å². The Morgan fingerprint density at radius 3 is 2.94 bits per heavy atom. The Balaban J connectivity index is 2.32. The molecule has 1 aliphatic rings. The van der Waals surface area contributed by atoms with Gasteiger partial charge in [-0.05, 0) is 6.07 Å². The van der Waals surface area contributed by atoms with E-state index in [-0.39, 0.29) is 17.5 Å². The third-order valence-electron chi connectivity index (χ3n) is 2.30. The maximum Gasteiger partial charge on any atom is 0.249 e. The Hall–Kier alpha value is -1.33. The third kappa shape index (κ3) is 1.96. The average molecular weight is 245 g/mol. The Kier molecular flexibility index (Phi) is 2.98. The standard InChI is InChI=1S/C10H10ClFN2O2/c1-16-4-9-10(15)14-8-3-6(12)5(11)2-7(8)13-9/h2-3,9,13H,4H2,1H3,(H,14,15). The summed E-state index contributed by atoms with van der Waals surface area (Å²) in [4.78, 5) is 11.5. The molecule has 1 amide bonds. The van der Waals surface area contributed by atoms with Gasteiger partial charge in [-0.1, -0.05) is 11.6 Å². The van der Waals surface area contributed by atoms with Crippen molar-refractivity contribution in [2.24, 2.45) is 0 Å². The van der Waals surface area contributed by atoms with Crippen LogP contribution < -0.4 is 10.6 Å². The molecule has 0 radical (unpaired) electrons. The van der Waals surface area contributed by atoms with Gasteiger partial charge in [0.05, 0.1) is 23.0 Å². The van der Waals surface area contributed by atoms with Crippen LogP contribution in [0.2, 0.25) is 5.02 Å². The number of benzene rings is 1. The van der Waals surface area contributed by atoms with E-state index >= 15 is 0 Å². The molecule has 0 saturated carbocycles. The maximum atomic E-state index is 13.1. The molecule has 0 aromatic heterocycles. The second-order valence-corrected chi connectivity index (χ2v) is 3.86. The highest BCUT2D eigenvalue weighted by molar-refractivity contribution is 6.31. The maximum absolute atomic E-state index is 13.1. The van der Waals surface area contributed by atoms with Gasteiger partial charge in [-0.3, -0.25) is 4.79 Å². The minimum absolute atomic E-state index is 0.0126. The summed E-state index contributed by atoms with van der Waals surface area (Å²) in [5.41, 5.74) is 0.979. The zero-order valence-electron chi connectivity index (χ0n) is 8.51. The summed E-state index contributed by atoms with van der Waals surface area (Å²) >= 11 is 5.65. The number of carbonyl (C=O) groups is 1. The Morgan fingerprint density at radius 2 is 2.25 bits per heavy atom. The van der Waals surface area contributed by atoms with E-state index in [0.29, 0.717) is 11.4 Å². The molecule has 86 valence electrons. The monoisotopic (exact) mass is 244 g/mol. The summed E-state index contributed by atoms with van der Waals surface area (Å²) in [5, 5.41) is 5.52. The van der Waals surface area contributed by atoms with Crippen molar-refractivity contribution in [3.8, 4) is 0 Å². The minimum atomic E-state index is -0.562. The first-order chi connectivity index (χ1) is 7.61. The zero-order valence-corrected chi connectivity index (χ0v) is 9.27. The van der Waals surface area contributed by atoms with Crippen LogP contribution in [0, 0.1) is 5.82 Å². The number of methoxy groups -OCH3 is 1. The first-order valence-electron chi connectivity index (χ1n) is 4.67. The molecular weight excluding hydrogens is 235 g/mol. The van der Waals surface area contributed by atoms with Crippen molar-refractivity contribution in [1.29, 1.82) is 0 Å². The summed E-state index contributed by atoms with van der Waals surface area (Å²) in [5.74, 6) is -0.816. The average Bonchev–Trinajstić information content (AvgIpc) is 2.23. The van der Waals surface area contributed by atoms with E-state index < -0.39 is 11.9 Å². The van der Waals surface area contributed by atoms with Gasteiger partial charge in [-0.15, -0.1) is 0 Å². The molecule has 1 aliphatic heterocycles. The fraction of sp³-hybridized carbons (Fsp3) is 0.300. The second-order valence-electron chi connectivity index (χ2n) is 3.45. The topological polar surface area (TPSA) is 50.4 Å². The molecule has 0 spiro atoms. The smallest absolute Gasteiger partial charge is 0.249 e. The van der Waals surface area contributed by atoms with Gasteiger partial charge in [0.25, 0.3) is 0 Å². The number of hydrogen-bond donors (Lipinski definition) is 2. The number of anilines is 2. The van der Waals surface area contributed by atoms with Gasteiger partial charge in [-0.2, -0.15) is 0 Å². The molecule has 0 aliphatic carbocycles. The fourth-order valence-electron chi connectivity index (χ4n) is 1.53. The zero-order chi connectivity index (χ0) is 11.7. The Bertz CT molecular complexity index is 439. The van der Waals surface area contributed by atoms with Gasteiger partial charge >= 0.3 is 0 Å². The van der Waals surface area contributed by atoms with E-state index in [0.717, 1.165) is 0 Å². The van der Waals surface area contributed by atoms with Crippen LogP contribution in [0.25, 0.3) is 0 Å². The highest BCUT2D eigenvalue weighted by atomic mass is 35.5. The lowest BCUT2D eigenvalue weighted by atomic mass is 10.1. The van der Waals surface area contributed by atoms with E-state index in [9.17, 15) is 9.18 Å². The molecule has 1 aromatic carbocycles. The first kappa shape index (κ1) is 11.2. The van der Waals surface area contributed by atoms with Crippen LogP contribution in [0.15, 0.2) is 12.1 Å². The lowest BCUT2D eigenvalue weighted by Gasteiger charge is -2.26. The van der Waals surface area contributed by atoms with Gasteiger partial charge in [-0.25, -0.2) is 4.39 Å². The van der Waals surface area contributed by atoms with Crippen molar-refractivity contribution >= 4 is 28.9 Å². The molecule has 1 aromatic rings. The molecule has 2 N–H and O–H groups in total. The lowest BCUT2D eigenvalue weighted by Crippen LogP contribution is -2.41. The lowest BCUT2D eigenvalue weighted by molar-refractivity contribution is -0.118. The number of ether oxygens (including phenoxy) is 1. The summed E-state index contributed by atoms with van der Waals surface area (Å²) in [6.45, 7) is 0.236. The molecule has 1 atom stereocenters. The molecule has 4 nitrogen and oxygen atoms in total. The quantitative estimate of drug-likeness (QED) is 0.835. The molecular formula is C10H10ClFN2O2. The number of nitrogens with one attached hydrogen (secondary N) is 2. The summed E-state index contributed by atoms with van der Waals surface area (Å²) in [6, 6.07) is 2.14. The number of hydrogen-bond acceptors (Lipinski definition) is 3. The van der Waals surface area contributed by atoms with Crippen LogP contribution in [0.5, 0.6) is 0 Å². The highest BCUT2D eigenvalue weighted by Gasteiger charge is 2.26. The third-order valence-corrected chi connectivity index (χ3v) is 2.59. The minimum Gasteiger partial charge on any atom is -0.382 e. The fourth-order valence-corrected chi connectivity index (χ4v) is 1.69. The molecule has 6 heteroatoms. The van der Waals surface area contributed by atoms with Crippen LogP contribution in [-0.4, -0.2) is 25.7 Å². The largest absolute Gasteiger partial charge is 0.382 e. The normalized spacial score (nSPS) is 18.7. The van der Waals surface area contributed by atoms with E-state index in [2.05, 4.69) is 10.6 Å². The second kappa shape index (κ2) is 4.27. The predicted molar refractivity (Wildman–Crippen MR) is 59.3 cm³/mol. The summed E-state index contributed by atoms with van der Waals surface area (Å²) in [6.07, 6.45) is 0. The first-order valence-corrected chi connectivity index (χ1v) is 5.05. The molecule has 1 heterocycles. The Morgan fingerprint density at radius 1 is 1.50 bits per heavy atom. The van der Waals surface area contributed by atoms with Gasteiger partial charge in [0.2, 0.25) is 5.91 Å². The van der Waals surface area contributed by atoms with E-state index in [4.69, 9.17) is 16.3 Å². The van der Waals surface area contributed by atoms with Crippen molar-refractivity contribution in [2.45, 2.75) is 6.04 Å². The number of carbonyl (C=O) groups excluding carboxylic acids is 1. The van der Waals surface area contributed by atoms with Gasteiger partial charge in [0, 0.05) is 13.2 Å². The van der Waals surface area contributed by atoms with Gasteiger partial charge < -0.3 is 15.4 Å². The number of halogens is 2. The van der Waals surface area contributed by atoms with E-state index in [1.165, 1.54) is 19.2 Å².